The van der Waals surface area contributed by atoms with Crippen LogP contribution >= 0.6 is 11.6 Å². The minimum atomic E-state index is -0.629. The van der Waals surface area contributed by atoms with Crippen molar-refractivity contribution in [2.45, 2.75) is 0 Å². The second-order valence-electron chi connectivity index (χ2n) is 1.78. The van der Waals surface area contributed by atoms with Crippen molar-refractivity contribution in [3.05, 3.63) is 24.2 Å². The molecule has 0 aliphatic carbocycles. The van der Waals surface area contributed by atoms with E-state index in [4.69, 9.17) is 16.0 Å². The summed E-state index contributed by atoms with van der Waals surface area (Å²) in [5.74, 6) is -0.475. The molecule has 63 valence electrons. The van der Waals surface area contributed by atoms with Gasteiger partial charge in [-0.1, -0.05) is 5.16 Å². The Balaban J connectivity index is 2.37. The molecule has 1 heterocycles. The summed E-state index contributed by atoms with van der Waals surface area (Å²) in [6, 6.07) is 3.29. The van der Waals surface area contributed by atoms with E-state index in [-0.39, 0.29) is 5.88 Å². The lowest BCUT2D eigenvalue weighted by Crippen LogP contribution is -2.00. The smallest absolute Gasteiger partial charge is 0.349 e. The minimum absolute atomic E-state index is 0.233. The van der Waals surface area contributed by atoms with E-state index in [2.05, 4.69) is 16.2 Å². The van der Waals surface area contributed by atoms with Gasteiger partial charge >= 0.3 is 5.97 Å². The third-order valence-electron chi connectivity index (χ3n) is 0.934. The highest BCUT2D eigenvalue weighted by atomic mass is 35.5. The summed E-state index contributed by atoms with van der Waals surface area (Å²) in [4.78, 5) is 14.7. The standard InChI is InChI=1S/C7H5ClNO3/c8-4-7(10)12-9-5-6-2-1-3-11-6/h1-3H,4H2. The van der Waals surface area contributed by atoms with E-state index in [9.17, 15) is 4.79 Å². The fourth-order valence-corrected chi connectivity index (χ4v) is 0.534. The van der Waals surface area contributed by atoms with Gasteiger partial charge in [-0.25, -0.2) is 4.79 Å². The first-order chi connectivity index (χ1) is 5.83. The topological polar surface area (TPSA) is 51.8 Å². The zero-order valence-corrected chi connectivity index (χ0v) is 6.75. The first-order valence-corrected chi connectivity index (χ1v) is 3.61. The van der Waals surface area contributed by atoms with Crippen LogP contribution in [-0.2, 0) is 9.63 Å². The number of nitrogens with zero attached hydrogens (tertiary/aromatic N) is 1. The molecule has 1 radical (unpaired) electrons. The van der Waals surface area contributed by atoms with Gasteiger partial charge in [0.05, 0.1) is 6.26 Å². The molecule has 0 aliphatic rings. The van der Waals surface area contributed by atoms with E-state index in [1.165, 1.54) is 6.26 Å². The highest BCUT2D eigenvalue weighted by Gasteiger charge is 1.97. The van der Waals surface area contributed by atoms with Crippen LogP contribution in [0.15, 0.2) is 28.0 Å². The Labute approximate surface area is 73.7 Å². The number of alkyl halides is 1. The Morgan fingerprint density at radius 2 is 2.67 bits per heavy atom. The van der Waals surface area contributed by atoms with Gasteiger partial charge in [0.2, 0.25) is 0 Å². The fourth-order valence-electron chi connectivity index (χ4n) is 0.485. The van der Waals surface area contributed by atoms with E-state index in [0.717, 1.165) is 0 Å². The van der Waals surface area contributed by atoms with Gasteiger partial charge < -0.3 is 9.25 Å². The molecule has 1 aromatic rings. The van der Waals surface area contributed by atoms with Crippen LogP contribution in [0.1, 0.15) is 5.76 Å². The summed E-state index contributed by atoms with van der Waals surface area (Å²) in [5.41, 5.74) is 0. The van der Waals surface area contributed by atoms with E-state index in [1.807, 2.05) is 0 Å². The molecular weight excluding hydrogens is 182 g/mol. The second kappa shape index (κ2) is 4.56. The molecule has 5 heteroatoms. The van der Waals surface area contributed by atoms with Crippen molar-refractivity contribution in [2.24, 2.45) is 5.16 Å². The van der Waals surface area contributed by atoms with Crippen molar-refractivity contribution in [1.29, 1.82) is 0 Å². The number of carbonyl (C=O) groups is 1. The molecule has 0 saturated heterocycles. The molecule has 1 aromatic heterocycles. The van der Waals surface area contributed by atoms with Gasteiger partial charge in [0.25, 0.3) is 0 Å². The fraction of sp³-hybridized carbons (Fsp3) is 0.143. The molecule has 1 rings (SSSR count). The zero-order valence-electron chi connectivity index (χ0n) is 5.99. The van der Waals surface area contributed by atoms with Crippen LogP contribution in [0.5, 0.6) is 0 Å². The van der Waals surface area contributed by atoms with E-state index in [1.54, 1.807) is 12.1 Å². The largest absolute Gasteiger partial charge is 0.463 e. The Hall–Kier alpha value is -1.29. The molecule has 12 heavy (non-hydrogen) atoms. The lowest BCUT2D eigenvalue weighted by molar-refractivity contribution is -0.140. The second-order valence-corrected chi connectivity index (χ2v) is 2.04. The van der Waals surface area contributed by atoms with Crippen molar-refractivity contribution < 1.29 is 14.0 Å². The van der Waals surface area contributed by atoms with Crippen molar-refractivity contribution in [3.8, 4) is 0 Å². The third kappa shape index (κ3) is 2.75. The van der Waals surface area contributed by atoms with Gasteiger partial charge in [0, 0.05) is 0 Å². The monoisotopic (exact) mass is 186 g/mol. The molecule has 0 atom stereocenters. The van der Waals surface area contributed by atoms with Crippen molar-refractivity contribution >= 4 is 23.8 Å². The van der Waals surface area contributed by atoms with E-state index in [0.29, 0.717) is 5.76 Å². The highest BCUT2D eigenvalue weighted by molar-refractivity contribution is 6.26. The van der Waals surface area contributed by atoms with Crippen LogP contribution in [0.25, 0.3) is 0 Å². The molecule has 0 unspecified atom stereocenters. The van der Waals surface area contributed by atoms with Crippen LogP contribution in [-0.4, -0.2) is 18.1 Å². The Morgan fingerprint density at radius 3 is 3.25 bits per heavy atom. The maximum atomic E-state index is 10.4. The van der Waals surface area contributed by atoms with Crippen LogP contribution < -0.4 is 0 Å². The molecule has 0 N–H and O–H groups in total. The number of hydrogen-bond donors (Lipinski definition) is 0. The summed E-state index contributed by atoms with van der Waals surface area (Å²) in [5, 5.41) is 3.21. The highest BCUT2D eigenvalue weighted by Crippen LogP contribution is 1.95. The maximum Gasteiger partial charge on any atom is 0.349 e. The predicted molar refractivity (Wildman–Crippen MR) is 42.1 cm³/mol. The van der Waals surface area contributed by atoms with Crippen molar-refractivity contribution in [1.82, 2.24) is 0 Å². The summed E-state index contributed by atoms with van der Waals surface area (Å²) < 4.78 is 4.82. The number of hydrogen-bond acceptors (Lipinski definition) is 4. The molecule has 0 saturated carbocycles. The molecule has 0 spiro atoms. The third-order valence-corrected chi connectivity index (χ3v) is 1.15. The number of furan rings is 1. The molecule has 0 amide bonds. The van der Waals surface area contributed by atoms with Gasteiger partial charge in [-0.15, -0.1) is 11.6 Å². The lowest BCUT2D eigenvalue weighted by Gasteiger charge is -1.88. The van der Waals surface area contributed by atoms with Gasteiger partial charge in [0.1, 0.15) is 5.88 Å². The van der Waals surface area contributed by atoms with Gasteiger partial charge in [-0.3, -0.25) is 0 Å². The minimum Gasteiger partial charge on any atom is -0.463 e. The molecule has 0 aromatic carbocycles. The van der Waals surface area contributed by atoms with Crippen LogP contribution in [0.3, 0.4) is 0 Å². The maximum absolute atomic E-state index is 10.4. The molecule has 0 aliphatic heterocycles. The average molecular weight is 187 g/mol. The number of halogens is 1. The average Bonchev–Trinajstić information content (AvgIpc) is 2.57. The zero-order chi connectivity index (χ0) is 8.81. The SMILES string of the molecule is O=C(CCl)O/N=[C]/c1ccco1. The summed E-state index contributed by atoms with van der Waals surface area (Å²) in [7, 11) is 0. The first kappa shape index (κ1) is 8.80. The van der Waals surface area contributed by atoms with Crippen molar-refractivity contribution in [3.63, 3.8) is 0 Å². The predicted octanol–water partition coefficient (Wildman–Crippen LogP) is 1.27. The Kier molecular flexibility index (Phi) is 3.35. The van der Waals surface area contributed by atoms with Gasteiger partial charge in [-0.2, -0.15) is 0 Å². The number of carbonyl (C=O) groups excluding carboxylic acids is 1. The van der Waals surface area contributed by atoms with Crippen LogP contribution in [0, 0.1) is 0 Å². The summed E-state index contributed by atoms with van der Waals surface area (Å²) in [6.45, 7) is 0. The summed E-state index contributed by atoms with van der Waals surface area (Å²) >= 11 is 5.13. The van der Waals surface area contributed by atoms with Crippen LogP contribution in [0.2, 0.25) is 0 Å². The first-order valence-electron chi connectivity index (χ1n) is 3.08. The lowest BCUT2D eigenvalue weighted by atomic mass is 10.5. The molecule has 0 bridgehead atoms. The van der Waals surface area contributed by atoms with E-state index < -0.39 is 5.97 Å². The molecular formula is C7H5ClNO3. The van der Waals surface area contributed by atoms with Crippen LogP contribution in [0.4, 0.5) is 0 Å². The Bertz CT molecular complexity index is 268. The van der Waals surface area contributed by atoms with Gasteiger partial charge in [0.15, 0.2) is 12.0 Å². The number of rotatable bonds is 3. The van der Waals surface area contributed by atoms with E-state index >= 15 is 0 Å². The van der Waals surface area contributed by atoms with Crippen molar-refractivity contribution in [2.75, 3.05) is 5.88 Å². The molecule has 4 nitrogen and oxygen atoms in total. The molecule has 0 fully saturated rings. The normalized spacial score (nSPS) is 10.4. The quantitative estimate of drug-likeness (QED) is 0.309. The Morgan fingerprint density at radius 1 is 1.83 bits per heavy atom. The summed E-state index contributed by atoms with van der Waals surface area (Å²) in [6.07, 6.45) is 3.81. The van der Waals surface area contributed by atoms with Gasteiger partial charge in [-0.05, 0) is 12.1 Å².